The number of rotatable bonds is 7. The van der Waals surface area contributed by atoms with Crippen LogP contribution in [0.4, 0.5) is 10.1 Å². The van der Waals surface area contributed by atoms with Crippen molar-refractivity contribution in [3.8, 4) is 11.8 Å². The number of aromatic nitrogens is 2. The number of halogens is 1. The summed E-state index contributed by atoms with van der Waals surface area (Å²) < 4.78 is 15.1. The lowest BCUT2D eigenvalue weighted by atomic mass is 10.2. The molecule has 0 amide bonds. The summed E-state index contributed by atoms with van der Waals surface area (Å²) in [5, 5.41) is 3.17. The van der Waals surface area contributed by atoms with Gasteiger partial charge in [-0.1, -0.05) is 25.8 Å². The number of nitrogens with zero attached hydrogens (tertiary/aromatic N) is 3. The number of aryl methyl sites for hydroxylation is 1. The van der Waals surface area contributed by atoms with E-state index in [0.717, 1.165) is 48.7 Å². The number of imidazole rings is 1. The molecule has 0 spiro atoms. The molecule has 146 valence electrons. The molecule has 0 aliphatic carbocycles. The van der Waals surface area contributed by atoms with Crippen molar-refractivity contribution in [2.45, 2.75) is 33.9 Å². The topological polar surface area (TPSA) is 33.1 Å². The van der Waals surface area contributed by atoms with E-state index in [4.69, 9.17) is 4.98 Å². The van der Waals surface area contributed by atoms with E-state index < -0.39 is 0 Å². The van der Waals surface area contributed by atoms with Gasteiger partial charge in [0.05, 0.1) is 17.6 Å². The SMILES string of the molecule is CCN(CC)Cc1ccc2c(c1)nc(C#CCNc1ccc(F)cc1)n2CC. The molecule has 5 heteroatoms. The number of hydrogen-bond acceptors (Lipinski definition) is 3. The summed E-state index contributed by atoms with van der Waals surface area (Å²) in [6.45, 7) is 10.8. The van der Waals surface area contributed by atoms with Crippen LogP contribution >= 0.6 is 0 Å². The molecule has 0 fully saturated rings. The Labute approximate surface area is 166 Å². The first kappa shape index (κ1) is 19.9. The maximum Gasteiger partial charge on any atom is 0.186 e. The third kappa shape index (κ3) is 4.71. The Hall–Kier alpha value is -2.84. The van der Waals surface area contributed by atoms with Gasteiger partial charge in [0.1, 0.15) is 5.82 Å². The summed E-state index contributed by atoms with van der Waals surface area (Å²) >= 11 is 0. The minimum absolute atomic E-state index is 0.242. The second kappa shape index (κ2) is 9.38. The van der Waals surface area contributed by atoms with Crippen LogP contribution in [-0.4, -0.2) is 34.1 Å². The van der Waals surface area contributed by atoms with Gasteiger partial charge in [-0.2, -0.15) is 0 Å². The third-order valence-corrected chi connectivity index (χ3v) is 4.85. The van der Waals surface area contributed by atoms with Gasteiger partial charge in [-0.25, -0.2) is 9.37 Å². The summed E-state index contributed by atoms with van der Waals surface area (Å²) in [5.41, 5.74) is 4.22. The molecule has 0 bridgehead atoms. The van der Waals surface area contributed by atoms with Gasteiger partial charge in [0.15, 0.2) is 5.82 Å². The molecule has 0 aliphatic rings. The molecule has 4 nitrogen and oxygen atoms in total. The van der Waals surface area contributed by atoms with E-state index in [2.05, 4.69) is 65.6 Å². The zero-order chi connectivity index (χ0) is 19.9. The first-order valence-corrected chi connectivity index (χ1v) is 9.84. The smallest absolute Gasteiger partial charge is 0.186 e. The lowest BCUT2D eigenvalue weighted by Crippen LogP contribution is -2.21. The molecule has 1 N–H and O–H groups in total. The van der Waals surface area contributed by atoms with Crippen molar-refractivity contribution in [3.05, 3.63) is 59.7 Å². The van der Waals surface area contributed by atoms with Crippen LogP contribution < -0.4 is 5.32 Å². The van der Waals surface area contributed by atoms with Crippen molar-refractivity contribution in [1.82, 2.24) is 14.5 Å². The van der Waals surface area contributed by atoms with Gasteiger partial charge < -0.3 is 9.88 Å². The largest absolute Gasteiger partial charge is 0.374 e. The number of fused-ring (bicyclic) bond motifs is 1. The predicted octanol–water partition coefficient (Wildman–Crippen LogP) is 4.50. The Morgan fingerprint density at radius 2 is 1.82 bits per heavy atom. The molecule has 0 saturated carbocycles. The van der Waals surface area contributed by atoms with Crippen LogP contribution in [0.2, 0.25) is 0 Å². The van der Waals surface area contributed by atoms with Gasteiger partial charge in [-0.15, -0.1) is 0 Å². The van der Waals surface area contributed by atoms with Gasteiger partial charge in [0.2, 0.25) is 0 Å². The Morgan fingerprint density at radius 3 is 2.50 bits per heavy atom. The molecule has 0 unspecified atom stereocenters. The molecular weight excluding hydrogens is 351 g/mol. The average Bonchev–Trinajstić information content (AvgIpc) is 3.07. The third-order valence-electron chi connectivity index (χ3n) is 4.85. The minimum atomic E-state index is -0.242. The normalized spacial score (nSPS) is 10.9. The second-order valence-electron chi connectivity index (χ2n) is 6.63. The number of anilines is 1. The van der Waals surface area contributed by atoms with Crippen LogP contribution in [0.25, 0.3) is 11.0 Å². The van der Waals surface area contributed by atoms with Gasteiger partial charge in [0, 0.05) is 18.8 Å². The van der Waals surface area contributed by atoms with Gasteiger partial charge in [-0.05, 0) is 67.9 Å². The lowest BCUT2D eigenvalue weighted by molar-refractivity contribution is 0.296. The molecule has 3 aromatic rings. The quantitative estimate of drug-likeness (QED) is 0.615. The monoisotopic (exact) mass is 378 g/mol. The second-order valence-corrected chi connectivity index (χ2v) is 6.63. The van der Waals surface area contributed by atoms with Crippen molar-refractivity contribution in [2.24, 2.45) is 0 Å². The van der Waals surface area contributed by atoms with Gasteiger partial charge >= 0.3 is 0 Å². The fourth-order valence-corrected chi connectivity index (χ4v) is 3.23. The van der Waals surface area contributed by atoms with Gasteiger partial charge in [0.25, 0.3) is 0 Å². The van der Waals surface area contributed by atoms with Crippen molar-refractivity contribution >= 4 is 16.7 Å². The highest BCUT2D eigenvalue weighted by atomic mass is 19.1. The van der Waals surface area contributed by atoms with E-state index in [0.29, 0.717) is 6.54 Å². The van der Waals surface area contributed by atoms with E-state index in [1.807, 2.05) is 0 Å². The van der Waals surface area contributed by atoms with Crippen LogP contribution in [0.15, 0.2) is 42.5 Å². The Morgan fingerprint density at radius 1 is 1.07 bits per heavy atom. The average molecular weight is 378 g/mol. The van der Waals surface area contributed by atoms with Crippen LogP contribution in [-0.2, 0) is 13.1 Å². The Kier molecular flexibility index (Phi) is 6.67. The molecular formula is C23H27FN4. The molecule has 1 aromatic heterocycles. The number of nitrogens with one attached hydrogen (secondary N) is 1. The minimum Gasteiger partial charge on any atom is -0.374 e. The molecule has 2 aromatic carbocycles. The summed E-state index contributed by atoms with van der Waals surface area (Å²) in [4.78, 5) is 7.14. The zero-order valence-corrected chi connectivity index (χ0v) is 16.8. The molecule has 0 saturated heterocycles. The fourth-order valence-electron chi connectivity index (χ4n) is 3.23. The summed E-state index contributed by atoms with van der Waals surface area (Å²) in [6, 6.07) is 12.8. The van der Waals surface area contributed by atoms with Crippen LogP contribution in [0.5, 0.6) is 0 Å². The van der Waals surface area contributed by atoms with Crippen molar-refractivity contribution in [3.63, 3.8) is 0 Å². The standard InChI is InChI=1S/C23H27FN4/c1-4-27(5-2)17-18-9-14-22-21(16-18)26-23(28(22)6-3)8-7-15-25-20-12-10-19(24)11-13-20/h9-14,16,25H,4-6,15,17H2,1-3H3. The zero-order valence-electron chi connectivity index (χ0n) is 16.8. The summed E-state index contributed by atoms with van der Waals surface area (Å²) in [5.74, 6) is 6.83. The van der Waals surface area contributed by atoms with E-state index in [9.17, 15) is 4.39 Å². The molecule has 1 heterocycles. The first-order valence-electron chi connectivity index (χ1n) is 9.84. The van der Waals surface area contributed by atoms with Crippen molar-refractivity contribution < 1.29 is 4.39 Å². The molecule has 0 atom stereocenters. The number of hydrogen-bond donors (Lipinski definition) is 1. The number of benzene rings is 2. The Bertz CT molecular complexity index is 975. The molecule has 0 aliphatic heterocycles. The predicted molar refractivity (Wildman–Crippen MR) is 114 cm³/mol. The highest BCUT2D eigenvalue weighted by Crippen LogP contribution is 2.19. The van der Waals surface area contributed by atoms with Crippen LogP contribution in [0, 0.1) is 17.7 Å². The summed E-state index contributed by atoms with van der Waals surface area (Å²) in [6.07, 6.45) is 0. The Balaban J connectivity index is 1.76. The first-order chi connectivity index (χ1) is 13.6. The fraction of sp³-hybridized carbons (Fsp3) is 0.348. The molecule has 3 rings (SSSR count). The van der Waals surface area contributed by atoms with Crippen LogP contribution in [0.3, 0.4) is 0 Å². The highest BCUT2D eigenvalue weighted by Gasteiger charge is 2.09. The van der Waals surface area contributed by atoms with Gasteiger partial charge in [-0.3, -0.25) is 4.90 Å². The maximum absolute atomic E-state index is 13.0. The molecule has 28 heavy (non-hydrogen) atoms. The van der Waals surface area contributed by atoms with E-state index in [-0.39, 0.29) is 5.82 Å². The summed E-state index contributed by atoms with van der Waals surface area (Å²) in [7, 11) is 0. The van der Waals surface area contributed by atoms with Crippen molar-refractivity contribution in [2.75, 3.05) is 25.0 Å². The van der Waals surface area contributed by atoms with Crippen LogP contribution in [0.1, 0.15) is 32.2 Å². The van der Waals surface area contributed by atoms with Crippen molar-refractivity contribution in [1.29, 1.82) is 0 Å². The van der Waals surface area contributed by atoms with E-state index in [1.54, 1.807) is 12.1 Å². The molecule has 0 radical (unpaired) electrons. The van der Waals surface area contributed by atoms with E-state index >= 15 is 0 Å². The maximum atomic E-state index is 13.0. The van der Waals surface area contributed by atoms with E-state index in [1.165, 1.54) is 17.7 Å². The lowest BCUT2D eigenvalue weighted by Gasteiger charge is -2.17. The highest BCUT2D eigenvalue weighted by molar-refractivity contribution is 5.77.